The van der Waals surface area contributed by atoms with Crippen LogP contribution in [0.3, 0.4) is 0 Å². The molecule has 3 N–H and O–H groups in total. The second-order valence-electron chi connectivity index (χ2n) is 8.09. The normalized spacial score (nSPS) is 15.2. The number of carbonyl (C=O) groups is 2. The molecule has 0 aliphatic carbocycles. The number of anilines is 2. The summed E-state index contributed by atoms with van der Waals surface area (Å²) < 4.78 is 0. The van der Waals surface area contributed by atoms with E-state index in [4.69, 9.17) is 16.8 Å². The molecule has 1 aromatic heterocycles. The fourth-order valence-corrected chi connectivity index (χ4v) is 3.82. The van der Waals surface area contributed by atoms with E-state index in [9.17, 15) is 9.59 Å². The van der Waals surface area contributed by atoms with Crippen molar-refractivity contribution in [1.82, 2.24) is 9.88 Å². The number of halogens is 1. The van der Waals surface area contributed by atoms with Crippen molar-refractivity contribution in [1.29, 1.82) is 0 Å². The van der Waals surface area contributed by atoms with E-state index in [-0.39, 0.29) is 11.8 Å². The number of aromatic nitrogens is 1. The van der Waals surface area contributed by atoms with E-state index in [1.807, 2.05) is 0 Å². The van der Waals surface area contributed by atoms with Gasteiger partial charge in [-0.3, -0.25) is 9.59 Å². The number of nitrogens with zero attached hydrogens (tertiary/aromatic N) is 3. The molecule has 0 unspecified atom stereocenters. The summed E-state index contributed by atoms with van der Waals surface area (Å²) in [5, 5.41) is 17.8. The predicted molar refractivity (Wildman–Crippen MR) is 126 cm³/mol. The van der Waals surface area contributed by atoms with Crippen molar-refractivity contribution in [2.24, 2.45) is 11.1 Å². The molecular formula is C23H28ClN5O3. The highest BCUT2D eigenvalue weighted by atomic mass is 35.5. The second kappa shape index (κ2) is 11.1. The van der Waals surface area contributed by atoms with Gasteiger partial charge in [-0.1, -0.05) is 17.7 Å². The van der Waals surface area contributed by atoms with Gasteiger partial charge in [0.25, 0.3) is 5.91 Å². The van der Waals surface area contributed by atoms with Crippen LogP contribution in [0.25, 0.3) is 0 Å². The summed E-state index contributed by atoms with van der Waals surface area (Å²) in [5.74, 6) is -0.246. The van der Waals surface area contributed by atoms with Gasteiger partial charge < -0.3 is 20.7 Å². The van der Waals surface area contributed by atoms with Crippen LogP contribution < -0.4 is 10.6 Å². The van der Waals surface area contributed by atoms with E-state index in [0.717, 1.165) is 31.5 Å². The molecule has 0 atom stereocenters. The van der Waals surface area contributed by atoms with Crippen LogP contribution in [-0.4, -0.2) is 52.3 Å². The number of pyridine rings is 1. The highest BCUT2D eigenvalue weighted by molar-refractivity contribution is 6.30. The van der Waals surface area contributed by atoms with Crippen LogP contribution in [0.15, 0.2) is 41.7 Å². The van der Waals surface area contributed by atoms with Crippen LogP contribution in [0.2, 0.25) is 5.02 Å². The molecule has 0 saturated carbocycles. The van der Waals surface area contributed by atoms with Crippen LogP contribution in [0.5, 0.6) is 0 Å². The zero-order valence-corrected chi connectivity index (χ0v) is 19.0. The minimum atomic E-state index is -0.410. The zero-order valence-electron chi connectivity index (χ0n) is 18.2. The van der Waals surface area contributed by atoms with Gasteiger partial charge in [-0.15, -0.1) is 5.16 Å². The predicted octanol–water partition coefficient (Wildman–Crippen LogP) is 4.05. The van der Waals surface area contributed by atoms with Gasteiger partial charge in [0.2, 0.25) is 5.91 Å². The smallest absolute Gasteiger partial charge is 0.258 e. The van der Waals surface area contributed by atoms with Crippen molar-refractivity contribution in [2.75, 3.05) is 23.7 Å². The maximum atomic E-state index is 13.0. The molecule has 8 nitrogen and oxygen atoms in total. The number of rotatable bonds is 7. The number of piperidine rings is 1. The highest BCUT2D eigenvalue weighted by Crippen LogP contribution is 2.24. The van der Waals surface area contributed by atoms with E-state index in [0.29, 0.717) is 34.6 Å². The molecule has 0 bridgehead atoms. The molecule has 9 heteroatoms. The number of nitrogens with one attached hydrogen (secondary N) is 2. The third kappa shape index (κ3) is 6.27. The Morgan fingerprint density at radius 1 is 1.25 bits per heavy atom. The summed E-state index contributed by atoms with van der Waals surface area (Å²) >= 11 is 5.86. The quantitative estimate of drug-likeness (QED) is 0.330. The summed E-state index contributed by atoms with van der Waals surface area (Å²) in [6.07, 6.45) is 4.68. The third-order valence-electron chi connectivity index (χ3n) is 5.59. The lowest BCUT2D eigenvalue weighted by Gasteiger charge is -2.34. The van der Waals surface area contributed by atoms with Gasteiger partial charge in [0.05, 0.1) is 16.3 Å². The number of likely N-dealkylation sites (tertiary alicyclic amines) is 1. The van der Waals surface area contributed by atoms with Crippen molar-refractivity contribution >= 4 is 41.1 Å². The lowest BCUT2D eigenvalue weighted by Crippen LogP contribution is -2.41. The highest BCUT2D eigenvalue weighted by Gasteiger charge is 2.27. The van der Waals surface area contributed by atoms with Crippen LogP contribution in [0, 0.1) is 5.92 Å². The molecule has 2 aromatic rings. The van der Waals surface area contributed by atoms with Crippen LogP contribution in [0.1, 0.15) is 42.6 Å². The van der Waals surface area contributed by atoms with Gasteiger partial charge in [0, 0.05) is 30.8 Å². The number of hydrogen-bond acceptors (Lipinski definition) is 6. The number of carbonyl (C=O) groups excluding carboxylic acids is 2. The van der Waals surface area contributed by atoms with Gasteiger partial charge in [0.1, 0.15) is 5.82 Å². The third-order valence-corrected chi connectivity index (χ3v) is 5.82. The first-order valence-electron chi connectivity index (χ1n) is 10.6. The Hall–Kier alpha value is -2.97. The lowest BCUT2D eigenvalue weighted by atomic mass is 9.94. The SMILES string of the molecule is CC(C)N1CCC(C(=O)Nc2ccc(CC=NO)cc2C(=O)Nc2ccc(Cl)cn2)CC1. The summed E-state index contributed by atoms with van der Waals surface area (Å²) in [6, 6.07) is 8.85. The van der Waals surface area contributed by atoms with Crippen LogP contribution >= 0.6 is 11.6 Å². The monoisotopic (exact) mass is 457 g/mol. The Balaban J connectivity index is 1.77. The molecular weight excluding hydrogens is 430 g/mol. The van der Waals surface area contributed by atoms with Crippen molar-refractivity contribution in [3.05, 3.63) is 52.7 Å². The van der Waals surface area contributed by atoms with Crippen LogP contribution in [-0.2, 0) is 11.2 Å². The molecule has 1 fully saturated rings. The van der Waals surface area contributed by atoms with Crippen molar-refractivity contribution in [3.8, 4) is 0 Å². The van der Waals surface area contributed by atoms with Gasteiger partial charge in [-0.2, -0.15) is 0 Å². The van der Waals surface area contributed by atoms with Gasteiger partial charge in [-0.25, -0.2) is 4.98 Å². The summed E-state index contributed by atoms with van der Waals surface area (Å²) in [6.45, 7) is 6.07. The Morgan fingerprint density at radius 3 is 2.62 bits per heavy atom. The fourth-order valence-electron chi connectivity index (χ4n) is 3.71. The molecule has 1 aliphatic heterocycles. The first-order valence-corrected chi connectivity index (χ1v) is 11.0. The molecule has 1 aromatic carbocycles. The van der Waals surface area contributed by atoms with Gasteiger partial charge in [-0.05, 0) is 69.6 Å². The summed E-state index contributed by atoms with van der Waals surface area (Å²) in [7, 11) is 0. The minimum absolute atomic E-state index is 0.0863. The van der Waals surface area contributed by atoms with E-state index in [1.165, 1.54) is 12.4 Å². The molecule has 1 aliphatic rings. The average molecular weight is 458 g/mol. The van der Waals surface area contributed by atoms with Crippen LogP contribution in [0.4, 0.5) is 11.5 Å². The van der Waals surface area contributed by atoms with Gasteiger partial charge in [0.15, 0.2) is 0 Å². The topological polar surface area (TPSA) is 107 Å². The lowest BCUT2D eigenvalue weighted by molar-refractivity contribution is -0.121. The van der Waals surface area contributed by atoms with E-state index in [1.54, 1.807) is 30.3 Å². The Labute approximate surface area is 192 Å². The Bertz CT molecular complexity index is 970. The molecule has 0 radical (unpaired) electrons. The molecule has 170 valence electrons. The van der Waals surface area contributed by atoms with Crippen molar-refractivity contribution < 1.29 is 14.8 Å². The van der Waals surface area contributed by atoms with Crippen molar-refractivity contribution in [2.45, 2.75) is 39.2 Å². The standard InChI is InChI=1S/C23H28ClN5O3/c1-15(2)29-11-8-17(9-12-29)22(30)27-20-5-3-16(7-10-26-32)13-19(20)23(31)28-21-6-4-18(24)14-25-21/h3-6,10,13-15,17,32H,7-9,11-12H2,1-2H3,(H,27,30)(H,25,28,31). The molecule has 2 amide bonds. The van der Waals surface area contributed by atoms with Gasteiger partial charge >= 0.3 is 0 Å². The van der Waals surface area contributed by atoms with Crippen molar-refractivity contribution in [3.63, 3.8) is 0 Å². The molecule has 1 saturated heterocycles. The second-order valence-corrected chi connectivity index (χ2v) is 8.53. The number of benzene rings is 1. The Morgan fingerprint density at radius 2 is 2.00 bits per heavy atom. The number of oxime groups is 1. The number of hydrogen-bond donors (Lipinski definition) is 3. The first-order chi connectivity index (χ1) is 15.4. The van der Waals surface area contributed by atoms with E-state index in [2.05, 4.69) is 39.5 Å². The molecule has 2 heterocycles. The number of amides is 2. The molecule has 32 heavy (non-hydrogen) atoms. The largest absolute Gasteiger partial charge is 0.411 e. The maximum absolute atomic E-state index is 13.0. The van der Waals surface area contributed by atoms with E-state index >= 15 is 0 Å². The summed E-state index contributed by atoms with van der Waals surface area (Å²) in [5.41, 5.74) is 1.50. The zero-order chi connectivity index (χ0) is 23.1. The first kappa shape index (κ1) is 23.7. The molecule has 0 spiro atoms. The summed E-state index contributed by atoms with van der Waals surface area (Å²) in [4.78, 5) is 32.4. The fraction of sp³-hybridized carbons (Fsp3) is 0.391. The maximum Gasteiger partial charge on any atom is 0.258 e. The average Bonchev–Trinajstić information content (AvgIpc) is 2.79. The minimum Gasteiger partial charge on any atom is -0.411 e. The van der Waals surface area contributed by atoms with E-state index < -0.39 is 5.91 Å². The Kier molecular flexibility index (Phi) is 8.19. The molecule has 3 rings (SSSR count).